The van der Waals surface area contributed by atoms with Crippen molar-refractivity contribution in [2.75, 3.05) is 6.54 Å². The number of carbonyl (C=O) groups is 1. The van der Waals surface area contributed by atoms with E-state index in [1.807, 2.05) is 35.9 Å². The Morgan fingerprint density at radius 3 is 2.95 bits per heavy atom. The van der Waals surface area contributed by atoms with E-state index in [0.29, 0.717) is 12.1 Å². The molecule has 1 amide bonds. The predicted molar refractivity (Wildman–Crippen MR) is 78.1 cm³/mol. The van der Waals surface area contributed by atoms with Crippen LogP contribution in [-0.2, 0) is 6.54 Å². The van der Waals surface area contributed by atoms with Crippen molar-refractivity contribution >= 4 is 21.8 Å². The van der Waals surface area contributed by atoms with E-state index in [2.05, 4.69) is 26.3 Å². The quantitative estimate of drug-likeness (QED) is 0.861. The summed E-state index contributed by atoms with van der Waals surface area (Å²) in [4.78, 5) is 11.9. The van der Waals surface area contributed by atoms with Crippen molar-refractivity contribution in [2.45, 2.75) is 19.9 Å². The molecule has 0 unspecified atom stereocenters. The SMILES string of the molecule is Cc1ccnn1CCCNC(=O)c1cccc(Br)c1. The first-order valence-corrected chi connectivity index (χ1v) is 6.98. The monoisotopic (exact) mass is 321 g/mol. The molecule has 1 aromatic heterocycles. The highest BCUT2D eigenvalue weighted by Crippen LogP contribution is 2.11. The van der Waals surface area contributed by atoms with Gasteiger partial charge >= 0.3 is 0 Å². The van der Waals surface area contributed by atoms with Gasteiger partial charge in [0.25, 0.3) is 5.91 Å². The summed E-state index contributed by atoms with van der Waals surface area (Å²) in [6.45, 7) is 3.48. The third kappa shape index (κ3) is 3.92. The minimum atomic E-state index is -0.0431. The molecule has 1 aromatic carbocycles. The van der Waals surface area contributed by atoms with Gasteiger partial charge in [0, 0.05) is 35.0 Å². The lowest BCUT2D eigenvalue weighted by Gasteiger charge is -2.07. The molecule has 2 aromatic rings. The first-order valence-electron chi connectivity index (χ1n) is 6.19. The average molecular weight is 322 g/mol. The van der Waals surface area contributed by atoms with E-state index >= 15 is 0 Å². The van der Waals surface area contributed by atoms with Crippen LogP contribution in [-0.4, -0.2) is 22.2 Å². The number of hydrogen-bond acceptors (Lipinski definition) is 2. The summed E-state index contributed by atoms with van der Waals surface area (Å²) < 4.78 is 2.85. The van der Waals surface area contributed by atoms with E-state index < -0.39 is 0 Å². The highest BCUT2D eigenvalue weighted by atomic mass is 79.9. The zero-order valence-corrected chi connectivity index (χ0v) is 12.4. The number of amides is 1. The van der Waals surface area contributed by atoms with Gasteiger partial charge in [0.2, 0.25) is 0 Å². The third-order valence-corrected chi connectivity index (χ3v) is 3.34. The van der Waals surface area contributed by atoms with Crippen LogP contribution in [0.15, 0.2) is 41.0 Å². The van der Waals surface area contributed by atoms with Crippen LogP contribution in [0.5, 0.6) is 0 Å². The molecule has 0 aliphatic heterocycles. The maximum Gasteiger partial charge on any atom is 0.251 e. The Morgan fingerprint density at radius 2 is 2.26 bits per heavy atom. The fraction of sp³-hybridized carbons (Fsp3) is 0.286. The Balaban J connectivity index is 1.77. The van der Waals surface area contributed by atoms with Crippen LogP contribution in [0.4, 0.5) is 0 Å². The molecule has 2 rings (SSSR count). The second-order valence-electron chi connectivity index (χ2n) is 4.32. The van der Waals surface area contributed by atoms with Gasteiger partial charge in [-0.3, -0.25) is 9.48 Å². The van der Waals surface area contributed by atoms with Gasteiger partial charge in [0.05, 0.1) is 0 Å². The van der Waals surface area contributed by atoms with E-state index in [-0.39, 0.29) is 5.91 Å². The Hall–Kier alpha value is -1.62. The molecule has 1 N–H and O–H groups in total. The van der Waals surface area contributed by atoms with Crippen LogP contribution in [0, 0.1) is 6.92 Å². The van der Waals surface area contributed by atoms with Gasteiger partial charge < -0.3 is 5.32 Å². The van der Waals surface area contributed by atoms with Crippen molar-refractivity contribution < 1.29 is 4.79 Å². The fourth-order valence-corrected chi connectivity index (χ4v) is 2.19. The highest BCUT2D eigenvalue weighted by molar-refractivity contribution is 9.10. The molecule has 0 atom stereocenters. The number of aryl methyl sites for hydroxylation is 2. The standard InChI is InChI=1S/C14H16BrN3O/c1-11-6-8-17-18(11)9-3-7-16-14(19)12-4-2-5-13(15)10-12/h2,4-6,8,10H,3,7,9H2,1H3,(H,16,19). The Kier molecular flexibility index (Phi) is 4.74. The second-order valence-corrected chi connectivity index (χ2v) is 5.23. The summed E-state index contributed by atoms with van der Waals surface area (Å²) in [6, 6.07) is 9.34. The number of aromatic nitrogens is 2. The minimum absolute atomic E-state index is 0.0431. The summed E-state index contributed by atoms with van der Waals surface area (Å²) in [5, 5.41) is 7.11. The van der Waals surface area contributed by atoms with Crippen LogP contribution < -0.4 is 5.32 Å². The molecule has 19 heavy (non-hydrogen) atoms. The van der Waals surface area contributed by atoms with Gasteiger partial charge in [-0.2, -0.15) is 5.10 Å². The highest BCUT2D eigenvalue weighted by Gasteiger charge is 2.04. The van der Waals surface area contributed by atoms with E-state index in [1.165, 1.54) is 0 Å². The summed E-state index contributed by atoms with van der Waals surface area (Å²) in [5.74, 6) is -0.0431. The molecule has 100 valence electrons. The number of hydrogen-bond donors (Lipinski definition) is 1. The van der Waals surface area contributed by atoms with Gasteiger partial charge in [-0.15, -0.1) is 0 Å². The summed E-state index contributed by atoms with van der Waals surface area (Å²) in [5.41, 5.74) is 1.81. The predicted octanol–water partition coefficient (Wildman–Crippen LogP) is 2.77. The molecule has 4 nitrogen and oxygen atoms in total. The maximum absolute atomic E-state index is 11.9. The second kappa shape index (κ2) is 6.52. The molecule has 0 saturated heterocycles. The fourth-order valence-electron chi connectivity index (χ4n) is 1.80. The van der Waals surface area contributed by atoms with Crippen LogP contribution in [0.3, 0.4) is 0 Å². The minimum Gasteiger partial charge on any atom is -0.352 e. The topological polar surface area (TPSA) is 46.9 Å². The molecule has 0 aliphatic rings. The Bertz CT molecular complexity index is 565. The largest absolute Gasteiger partial charge is 0.352 e. The van der Waals surface area contributed by atoms with Crippen molar-refractivity contribution in [2.24, 2.45) is 0 Å². The lowest BCUT2D eigenvalue weighted by Crippen LogP contribution is -2.25. The third-order valence-electron chi connectivity index (χ3n) is 2.85. The molecule has 0 bridgehead atoms. The molecule has 0 radical (unpaired) electrons. The van der Waals surface area contributed by atoms with E-state index in [0.717, 1.165) is 23.1 Å². The average Bonchev–Trinajstić information content (AvgIpc) is 2.80. The summed E-state index contributed by atoms with van der Waals surface area (Å²) in [7, 11) is 0. The smallest absolute Gasteiger partial charge is 0.251 e. The summed E-state index contributed by atoms with van der Waals surface area (Å²) >= 11 is 3.35. The number of nitrogens with one attached hydrogen (secondary N) is 1. The van der Waals surface area contributed by atoms with Gasteiger partial charge in [-0.1, -0.05) is 22.0 Å². The normalized spacial score (nSPS) is 10.4. The number of rotatable bonds is 5. The number of benzene rings is 1. The van der Waals surface area contributed by atoms with Gasteiger partial charge in [-0.05, 0) is 37.6 Å². The number of halogens is 1. The molecule has 1 heterocycles. The van der Waals surface area contributed by atoms with E-state index in [4.69, 9.17) is 0 Å². The van der Waals surface area contributed by atoms with Gasteiger partial charge in [-0.25, -0.2) is 0 Å². The molecule has 0 aliphatic carbocycles. The Labute approximate surface area is 120 Å². The van der Waals surface area contributed by atoms with Crippen molar-refractivity contribution in [3.8, 4) is 0 Å². The van der Waals surface area contributed by atoms with Crippen molar-refractivity contribution in [1.29, 1.82) is 0 Å². The zero-order valence-electron chi connectivity index (χ0n) is 10.8. The molecule has 0 spiro atoms. The number of nitrogens with zero attached hydrogens (tertiary/aromatic N) is 2. The van der Waals surface area contributed by atoms with Crippen LogP contribution in [0.2, 0.25) is 0 Å². The molecule has 0 fully saturated rings. The van der Waals surface area contributed by atoms with Crippen LogP contribution in [0.1, 0.15) is 22.5 Å². The summed E-state index contributed by atoms with van der Waals surface area (Å²) in [6.07, 6.45) is 2.65. The van der Waals surface area contributed by atoms with E-state index in [1.54, 1.807) is 12.3 Å². The maximum atomic E-state index is 11.9. The molecular weight excluding hydrogens is 306 g/mol. The lowest BCUT2D eigenvalue weighted by molar-refractivity contribution is 0.0952. The Morgan fingerprint density at radius 1 is 1.42 bits per heavy atom. The molecule has 5 heteroatoms. The first-order chi connectivity index (χ1) is 9.16. The first kappa shape index (κ1) is 13.8. The lowest BCUT2D eigenvalue weighted by atomic mass is 10.2. The zero-order chi connectivity index (χ0) is 13.7. The van der Waals surface area contributed by atoms with Crippen LogP contribution in [0.25, 0.3) is 0 Å². The van der Waals surface area contributed by atoms with Crippen molar-refractivity contribution in [1.82, 2.24) is 15.1 Å². The van der Waals surface area contributed by atoms with Gasteiger partial charge in [0.15, 0.2) is 0 Å². The molecule has 0 saturated carbocycles. The van der Waals surface area contributed by atoms with Crippen molar-refractivity contribution in [3.63, 3.8) is 0 Å². The van der Waals surface area contributed by atoms with E-state index in [9.17, 15) is 4.79 Å². The van der Waals surface area contributed by atoms with Crippen molar-refractivity contribution in [3.05, 3.63) is 52.3 Å². The van der Waals surface area contributed by atoms with Gasteiger partial charge in [0.1, 0.15) is 0 Å². The van der Waals surface area contributed by atoms with Crippen LogP contribution >= 0.6 is 15.9 Å². The molecular formula is C14H16BrN3O. The number of carbonyl (C=O) groups excluding carboxylic acids is 1.